The van der Waals surface area contributed by atoms with Crippen LogP contribution in [0.1, 0.15) is 16.4 Å². The molecule has 130 valence electrons. The highest BCUT2D eigenvalue weighted by Gasteiger charge is 2.45. The van der Waals surface area contributed by atoms with Crippen molar-refractivity contribution in [3.05, 3.63) is 53.6 Å². The molecule has 0 saturated heterocycles. The molecule has 0 aliphatic carbocycles. The van der Waals surface area contributed by atoms with Gasteiger partial charge in [-0.1, -0.05) is 18.2 Å². The van der Waals surface area contributed by atoms with Gasteiger partial charge in [0.25, 0.3) is 0 Å². The van der Waals surface area contributed by atoms with Crippen LogP contribution < -0.4 is 10.5 Å². The molecule has 0 amide bonds. The van der Waals surface area contributed by atoms with E-state index in [0.717, 1.165) is 0 Å². The van der Waals surface area contributed by atoms with Crippen molar-refractivity contribution in [3.63, 3.8) is 0 Å². The van der Waals surface area contributed by atoms with Gasteiger partial charge >= 0.3 is 0 Å². The largest absolute Gasteiger partial charge is 0.496 e. The second-order valence-electron chi connectivity index (χ2n) is 5.54. The lowest BCUT2D eigenvalue weighted by molar-refractivity contribution is 0.408. The Morgan fingerprint density at radius 3 is 2.46 bits per heavy atom. The molecule has 1 aliphatic rings. The molecule has 0 aromatic heterocycles. The maximum absolute atomic E-state index is 13.1. The lowest BCUT2D eigenvalue weighted by atomic mass is 10.0. The summed E-state index contributed by atoms with van der Waals surface area (Å²) >= 11 is 0. The SMILES string of the molecule is COc1ccc2c(c1CN)C(S(=O)(=O)c1ccccc1)CS2(O)O. The minimum atomic E-state index is -3.79. The minimum absolute atomic E-state index is 0.0443. The van der Waals surface area contributed by atoms with E-state index in [0.29, 0.717) is 16.9 Å². The highest BCUT2D eigenvalue weighted by atomic mass is 32.3. The standard InChI is InChI=1S/C16H19NO5S2/c1-22-13-7-8-14-16(12(13)9-17)15(10-23(14,18)19)24(20,21)11-5-3-2-4-6-11/h2-8,15,18-19H,9-10,17H2,1H3. The van der Waals surface area contributed by atoms with Gasteiger partial charge in [-0.3, -0.25) is 9.11 Å². The third-order valence-corrected chi connectivity index (χ3v) is 8.35. The topological polar surface area (TPSA) is 110 Å². The molecule has 2 aromatic rings. The van der Waals surface area contributed by atoms with Crippen molar-refractivity contribution in [3.8, 4) is 5.75 Å². The first-order valence-corrected chi connectivity index (χ1v) is 10.5. The van der Waals surface area contributed by atoms with Crippen LogP contribution in [0.4, 0.5) is 0 Å². The molecule has 8 heteroatoms. The lowest BCUT2D eigenvalue weighted by Crippen LogP contribution is -2.17. The number of methoxy groups -OCH3 is 1. The van der Waals surface area contributed by atoms with Crippen LogP contribution >= 0.6 is 10.6 Å². The van der Waals surface area contributed by atoms with E-state index in [9.17, 15) is 17.5 Å². The Bertz CT molecular complexity index is 866. The van der Waals surface area contributed by atoms with Crippen LogP contribution in [0.15, 0.2) is 52.3 Å². The van der Waals surface area contributed by atoms with Gasteiger partial charge in [-0.25, -0.2) is 8.42 Å². The molecule has 0 spiro atoms. The fourth-order valence-corrected chi connectivity index (χ4v) is 7.54. The Hall–Kier alpha value is -1.58. The van der Waals surface area contributed by atoms with E-state index in [1.807, 2.05) is 0 Å². The van der Waals surface area contributed by atoms with Crippen LogP contribution in [0.3, 0.4) is 0 Å². The van der Waals surface area contributed by atoms with E-state index in [1.54, 1.807) is 24.3 Å². The molecular formula is C16H19NO5S2. The van der Waals surface area contributed by atoms with Crippen LogP contribution in [0.5, 0.6) is 5.75 Å². The van der Waals surface area contributed by atoms with Crippen LogP contribution in [0, 0.1) is 0 Å². The zero-order valence-corrected chi connectivity index (χ0v) is 14.7. The van der Waals surface area contributed by atoms with Crippen LogP contribution in [0.2, 0.25) is 0 Å². The highest BCUT2D eigenvalue weighted by molar-refractivity contribution is 8.25. The summed E-state index contributed by atoms with van der Waals surface area (Å²) in [5.41, 5.74) is 6.66. The van der Waals surface area contributed by atoms with Crippen LogP contribution in [-0.2, 0) is 16.4 Å². The molecule has 1 aliphatic heterocycles. The van der Waals surface area contributed by atoms with Gasteiger partial charge in [0, 0.05) is 17.7 Å². The smallest absolute Gasteiger partial charge is 0.187 e. The molecule has 3 rings (SSSR count). The number of sulfone groups is 1. The number of fused-ring (bicyclic) bond motifs is 1. The molecule has 0 fully saturated rings. The summed E-state index contributed by atoms with van der Waals surface area (Å²) in [6.07, 6.45) is 0. The zero-order chi connectivity index (χ0) is 17.5. The Morgan fingerprint density at radius 2 is 1.88 bits per heavy atom. The predicted molar refractivity (Wildman–Crippen MR) is 93.2 cm³/mol. The molecule has 0 radical (unpaired) electrons. The van der Waals surface area contributed by atoms with E-state index in [2.05, 4.69) is 0 Å². The monoisotopic (exact) mass is 369 g/mol. The Balaban J connectivity index is 2.25. The molecule has 0 saturated carbocycles. The van der Waals surface area contributed by atoms with Crippen molar-refractivity contribution in [2.45, 2.75) is 21.6 Å². The Kier molecular flexibility index (Phi) is 4.35. The van der Waals surface area contributed by atoms with Crippen molar-refractivity contribution in [1.82, 2.24) is 0 Å². The third kappa shape index (κ3) is 2.60. The Labute approximate surface area is 142 Å². The van der Waals surface area contributed by atoms with E-state index in [1.165, 1.54) is 25.3 Å². The molecule has 1 heterocycles. The van der Waals surface area contributed by atoms with Gasteiger partial charge in [0.05, 0.1) is 22.7 Å². The number of hydrogen-bond donors (Lipinski definition) is 3. The molecule has 1 unspecified atom stereocenters. The van der Waals surface area contributed by atoms with E-state index < -0.39 is 25.7 Å². The van der Waals surface area contributed by atoms with Gasteiger partial charge < -0.3 is 10.5 Å². The van der Waals surface area contributed by atoms with Gasteiger partial charge in [0.2, 0.25) is 0 Å². The lowest BCUT2D eigenvalue weighted by Gasteiger charge is -2.27. The van der Waals surface area contributed by atoms with Gasteiger partial charge in [0.15, 0.2) is 9.84 Å². The van der Waals surface area contributed by atoms with Crippen molar-refractivity contribution in [2.75, 3.05) is 12.9 Å². The first-order valence-electron chi connectivity index (χ1n) is 7.27. The molecule has 1 atom stereocenters. The van der Waals surface area contributed by atoms with Gasteiger partial charge in [0.1, 0.15) is 11.0 Å². The molecule has 24 heavy (non-hydrogen) atoms. The van der Waals surface area contributed by atoms with E-state index in [4.69, 9.17) is 10.5 Å². The van der Waals surface area contributed by atoms with Crippen molar-refractivity contribution in [2.24, 2.45) is 5.73 Å². The number of ether oxygens (including phenoxy) is 1. The summed E-state index contributed by atoms with van der Waals surface area (Å²) in [5, 5.41) is -1.06. The average molecular weight is 369 g/mol. The van der Waals surface area contributed by atoms with Crippen LogP contribution in [0.25, 0.3) is 0 Å². The summed E-state index contributed by atoms with van der Waals surface area (Å²) < 4.78 is 52.2. The summed E-state index contributed by atoms with van der Waals surface area (Å²) in [7, 11) is -5.52. The summed E-state index contributed by atoms with van der Waals surface area (Å²) in [6.45, 7) is 0.0443. The van der Waals surface area contributed by atoms with Crippen molar-refractivity contribution >= 4 is 20.4 Å². The molecule has 0 bridgehead atoms. The van der Waals surface area contributed by atoms with Gasteiger partial charge in [-0.2, -0.15) is 10.6 Å². The normalized spacial score (nSPS) is 20.4. The molecule has 6 nitrogen and oxygen atoms in total. The van der Waals surface area contributed by atoms with Gasteiger partial charge in [-0.05, 0) is 24.3 Å². The summed E-state index contributed by atoms with van der Waals surface area (Å²) in [4.78, 5) is 0.386. The first-order chi connectivity index (χ1) is 11.3. The average Bonchev–Trinajstić information content (AvgIpc) is 2.87. The highest BCUT2D eigenvalue weighted by Crippen LogP contribution is 2.62. The molecular weight excluding hydrogens is 350 g/mol. The second kappa shape index (κ2) is 6.05. The maximum atomic E-state index is 13.1. The molecule has 4 N–H and O–H groups in total. The van der Waals surface area contributed by atoms with E-state index >= 15 is 0 Å². The minimum Gasteiger partial charge on any atom is -0.496 e. The second-order valence-corrected chi connectivity index (χ2v) is 9.78. The number of hydrogen-bond acceptors (Lipinski definition) is 6. The fourth-order valence-electron chi connectivity index (χ4n) is 3.07. The quantitative estimate of drug-likeness (QED) is 0.764. The Morgan fingerprint density at radius 1 is 1.21 bits per heavy atom. The van der Waals surface area contributed by atoms with Crippen molar-refractivity contribution in [1.29, 1.82) is 0 Å². The third-order valence-electron chi connectivity index (χ3n) is 4.20. The fraction of sp³-hybridized carbons (Fsp3) is 0.250. The van der Waals surface area contributed by atoms with Crippen molar-refractivity contribution < 1.29 is 22.3 Å². The van der Waals surface area contributed by atoms with Crippen LogP contribution in [-0.4, -0.2) is 30.4 Å². The first kappa shape index (κ1) is 17.2. The number of nitrogens with two attached hydrogens (primary N) is 1. The molecule has 2 aromatic carbocycles. The summed E-state index contributed by atoms with van der Waals surface area (Å²) in [6, 6.07) is 11.1. The number of rotatable bonds is 4. The summed E-state index contributed by atoms with van der Waals surface area (Å²) in [5.74, 6) is 0.182. The maximum Gasteiger partial charge on any atom is 0.187 e. The number of benzene rings is 2. The van der Waals surface area contributed by atoms with E-state index in [-0.39, 0.29) is 22.1 Å². The zero-order valence-electron chi connectivity index (χ0n) is 13.0. The predicted octanol–water partition coefficient (Wildman–Crippen LogP) is 2.79. The van der Waals surface area contributed by atoms with Gasteiger partial charge in [-0.15, -0.1) is 0 Å².